The quantitative estimate of drug-likeness (QED) is 0.688. The maximum atomic E-state index is 5.68. The lowest BCUT2D eigenvalue weighted by atomic mass is 10.1. The molecule has 4 rings (SSSR count). The van der Waals surface area contributed by atoms with E-state index in [1.165, 1.54) is 23.3 Å². The number of hydrogen-bond donors (Lipinski definition) is 2. The average molecular weight is 342 g/mol. The summed E-state index contributed by atoms with van der Waals surface area (Å²) in [5.74, 6) is 1.05. The molecule has 0 amide bonds. The number of H-pyrrole nitrogens is 1. The van der Waals surface area contributed by atoms with Crippen molar-refractivity contribution in [2.45, 2.75) is 25.4 Å². The SMILES string of the molecule is c1coc(C(CNCc2cn[nH]c2-c2cccs2)N2CCCC2)c1. The zero-order valence-electron chi connectivity index (χ0n) is 13.6. The number of hydrogen-bond acceptors (Lipinski definition) is 5. The first-order valence-electron chi connectivity index (χ1n) is 8.46. The molecule has 24 heavy (non-hydrogen) atoms. The highest BCUT2D eigenvalue weighted by Crippen LogP contribution is 2.27. The van der Waals surface area contributed by atoms with E-state index in [2.05, 4.69) is 44.0 Å². The van der Waals surface area contributed by atoms with Gasteiger partial charge in [-0.15, -0.1) is 11.3 Å². The number of nitrogens with one attached hydrogen (secondary N) is 2. The van der Waals surface area contributed by atoms with Crippen LogP contribution in [0.25, 0.3) is 10.6 Å². The summed E-state index contributed by atoms with van der Waals surface area (Å²) in [6.07, 6.45) is 6.24. The molecule has 1 atom stereocenters. The molecule has 3 aromatic heterocycles. The van der Waals surface area contributed by atoms with Gasteiger partial charge in [0.15, 0.2) is 0 Å². The molecule has 0 radical (unpaired) electrons. The van der Waals surface area contributed by atoms with Crippen molar-refractivity contribution >= 4 is 11.3 Å². The normalized spacial score (nSPS) is 16.7. The molecule has 0 aromatic carbocycles. The van der Waals surface area contributed by atoms with Crippen molar-refractivity contribution in [2.75, 3.05) is 19.6 Å². The van der Waals surface area contributed by atoms with Gasteiger partial charge in [-0.25, -0.2) is 0 Å². The van der Waals surface area contributed by atoms with Crippen molar-refractivity contribution in [2.24, 2.45) is 0 Å². The second kappa shape index (κ2) is 7.34. The molecular weight excluding hydrogens is 320 g/mol. The number of nitrogens with zero attached hydrogens (tertiary/aromatic N) is 2. The van der Waals surface area contributed by atoms with Crippen LogP contribution in [-0.4, -0.2) is 34.7 Å². The molecule has 0 bridgehead atoms. The van der Waals surface area contributed by atoms with Crippen LogP contribution in [0.15, 0.2) is 46.5 Å². The predicted molar refractivity (Wildman–Crippen MR) is 95.9 cm³/mol. The molecule has 1 saturated heterocycles. The number of aromatic nitrogens is 2. The summed E-state index contributed by atoms with van der Waals surface area (Å²) in [6.45, 7) is 3.98. The van der Waals surface area contributed by atoms with Crippen LogP contribution in [0.5, 0.6) is 0 Å². The highest BCUT2D eigenvalue weighted by Gasteiger charge is 2.25. The van der Waals surface area contributed by atoms with E-state index in [9.17, 15) is 0 Å². The fourth-order valence-corrected chi connectivity index (χ4v) is 4.12. The molecule has 1 aliphatic heterocycles. The predicted octanol–water partition coefficient (Wildman–Crippen LogP) is 3.66. The van der Waals surface area contributed by atoms with Crippen LogP contribution in [0.2, 0.25) is 0 Å². The highest BCUT2D eigenvalue weighted by atomic mass is 32.1. The summed E-state index contributed by atoms with van der Waals surface area (Å²) in [4.78, 5) is 3.74. The first-order chi connectivity index (χ1) is 11.9. The number of furan rings is 1. The van der Waals surface area contributed by atoms with Crippen LogP contribution in [0.4, 0.5) is 0 Å². The fourth-order valence-electron chi connectivity index (χ4n) is 3.37. The van der Waals surface area contributed by atoms with Gasteiger partial charge in [-0.2, -0.15) is 5.10 Å². The maximum Gasteiger partial charge on any atom is 0.122 e. The Balaban J connectivity index is 1.41. The number of likely N-dealkylation sites (tertiary alicyclic amines) is 1. The van der Waals surface area contributed by atoms with E-state index in [0.29, 0.717) is 6.04 Å². The van der Waals surface area contributed by atoms with Gasteiger partial charge >= 0.3 is 0 Å². The van der Waals surface area contributed by atoms with Gasteiger partial charge in [-0.05, 0) is 49.5 Å². The third-order valence-electron chi connectivity index (χ3n) is 4.59. The van der Waals surface area contributed by atoms with E-state index in [0.717, 1.165) is 37.6 Å². The van der Waals surface area contributed by atoms with Crippen molar-refractivity contribution in [1.29, 1.82) is 0 Å². The largest absolute Gasteiger partial charge is 0.468 e. The van der Waals surface area contributed by atoms with Gasteiger partial charge in [-0.3, -0.25) is 10.00 Å². The van der Waals surface area contributed by atoms with Gasteiger partial charge in [0.25, 0.3) is 0 Å². The highest BCUT2D eigenvalue weighted by molar-refractivity contribution is 7.13. The molecule has 5 nitrogen and oxygen atoms in total. The van der Waals surface area contributed by atoms with Crippen molar-refractivity contribution in [3.8, 4) is 10.6 Å². The van der Waals surface area contributed by atoms with E-state index in [1.54, 1.807) is 17.6 Å². The minimum atomic E-state index is 0.305. The molecule has 2 N–H and O–H groups in total. The first-order valence-corrected chi connectivity index (χ1v) is 9.34. The fraction of sp³-hybridized carbons (Fsp3) is 0.389. The van der Waals surface area contributed by atoms with Gasteiger partial charge < -0.3 is 9.73 Å². The van der Waals surface area contributed by atoms with Gasteiger partial charge in [0, 0.05) is 18.7 Å². The van der Waals surface area contributed by atoms with Crippen molar-refractivity contribution < 1.29 is 4.42 Å². The molecule has 0 spiro atoms. The molecule has 0 aliphatic carbocycles. The van der Waals surface area contributed by atoms with Crippen LogP contribution in [0, 0.1) is 0 Å². The minimum absolute atomic E-state index is 0.305. The van der Waals surface area contributed by atoms with Crippen molar-refractivity contribution in [3.05, 3.63) is 53.4 Å². The van der Waals surface area contributed by atoms with Crippen LogP contribution in [0.3, 0.4) is 0 Å². The second-order valence-corrected chi connectivity index (χ2v) is 7.10. The van der Waals surface area contributed by atoms with Crippen LogP contribution < -0.4 is 5.32 Å². The van der Waals surface area contributed by atoms with Crippen molar-refractivity contribution in [1.82, 2.24) is 20.4 Å². The molecule has 6 heteroatoms. The minimum Gasteiger partial charge on any atom is -0.468 e. The summed E-state index contributed by atoms with van der Waals surface area (Å²) >= 11 is 1.73. The summed E-state index contributed by atoms with van der Waals surface area (Å²) in [6, 6.07) is 8.55. The van der Waals surface area contributed by atoms with Crippen molar-refractivity contribution in [3.63, 3.8) is 0 Å². The standard InChI is InChI=1S/C18H22N4OS/c1-2-8-22(7-1)15(16-5-3-9-23-16)13-19-11-14-12-20-21-18(14)17-6-4-10-24-17/h3-6,9-10,12,15,19H,1-2,7-8,11,13H2,(H,20,21). The number of aromatic amines is 1. The van der Waals surface area contributed by atoms with E-state index in [1.807, 2.05) is 12.3 Å². The maximum absolute atomic E-state index is 5.68. The van der Waals surface area contributed by atoms with Gasteiger partial charge in [0.1, 0.15) is 5.76 Å². The Morgan fingerprint density at radius 2 is 2.21 bits per heavy atom. The summed E-state index contributed by atoms with van der Waals surface area (Å²) < 4.78 is 5.68. The van der Waals surface area contributed by atoms with Gasteiger partial charge in [-0.1, -0.05) is 6.07 Å². The smallest absolute Gasteiger partial charge is 0.122 e. The van der Waals surface area contributed by atoms with Gasteiger partial charge in [0.05, 0.1) is 29.1 Å². The van der Waals surface area contributed by atoms with E-state index in [-0.39, 0.29) is 0 Å². The van der Waals surface area contributed by atoms with Gasteiger partial charge in [0.2, 0.25) is 0 Å². The number of thiophene rings is 1. The summed E-state index contributed by atoms with van der Waals surface area (Å²) in [7, 11) is 0. The van der Waals surface area contributed by atoms with Crippen LogP contribution in [0.1, 0.15) is 30.2 Å². The van der Waals surface area contributed by atoms with E-state index < -0.39 is 0 Å². The Bertz CT molecular complexity index is 729. The lowest BCUT2D eigenvalue weighted by Gasteiger charge is -2.26. The average Bonchev–Trinajstić information content (AvgIpc) is 3.41. The Kier molecular flexibility index (Phi) is 4.78. The molecule has 1 fully saturated rings. The molecule has 3 aromatic rings. The number of rotatable bonds is 7. The lowest BCUT2D eigenvalue weighted by molar-refractivity contribution is 0.209. The Labute approximate surface area is 145 Å². The van der Waals surface area contributed by atoms with Crippen LogP contribution >= 0.6 is 11.3 Å². The lowest BCUT2D eigenvalue weighted by Crippen LogP contribution is -2.33. The zero-order valence-corrected chi connectivity index (χ0v) is 14.4. The molecule has 1 aliphatic rings. The van der Waals surface area contributed by atoms with Crippen LogP contribution in [-0.2, 0) is 6.54 Å². The summed E-state index contributed by atoms with van der Waals surface area (Å²) in [5.41, 5.74) is 2.32. The monoisotopic (exact) mass is 342 g/mol. The van der Waals surface area contributed by atoms with E-state index >= 15 is 0 Å². The second-order valence-electron chi connectivity index (χ2n) is 6.15. The summed E-state index contributed by atoms with van der Waals surface area (Å²) in [5, 5.41) is 13.0. The Hall–Kier alpha value is -1.89. The molecule has 4 heterocycles. The molecule has 126 valence electrons. The molecule has 0 saturated carbocycles. The third-order valence-corrected chi connectivity index (χ3v) is 5.48. The Morgan fingerprint density at radius 3 is 2.96 bits per heavy atom. The third kappa shape index (κ3) is 3.31. The first kappa shape index (κ1) is 15.6. The van der Waals surface area contributed by atoms with E-state index in [4.69, 9.17) is 4.42 Å². The zero-order chi connectivity index (χ0) is 16.2. The molecule has 1 unspecified atom stereocenters. The molecular formula is C18H22N4OS. The Morgan fingerprint density at radius 1 is 1.29 bits per heavy atom. The topological polar surface area (TPSA) is 57.1 Å².